The van der Waals surface area contributed by atoms with E-state index in [1.807, 2.05) is 0 Å². The van der Waals surface area contributed by atoms with E-state index >= 15 is 0 Å². The highest BCUT2D eigenvalue weighted by Crippen LogP contribution is 2.22. The Hall–Kier alpha value is -1.84. The van der Waals surface area contributed by atoms with Crippen molar-refractivity contribution in [3.05, 3.63) is 29.3 Å². The number of rotatable bonds is 1. The molecule has 1 aromatic carbocycles. The minimum atomic E-state index is -0.452. The van der Waals surface area contributed by atoms with Crippen molar-refractivity contribution in [2.45, 2.75) is 6.54 Å². The zero-order valence-electron chi connectivity index (χ0n) is 6.74. The molecule has 1 aromatic rings. The lowest BCUT2D eigenvalue weighted by atomic mass is 10.1. The molecule has 1 aliphatic heterocycles. The minimum absolute atomic E-state index is 0.413. The Kier molecular flexibility index (Phi) is 1.73. The molecule has 4 heteroatoms. The second-order valence-corrected chi connectivity index (χ2v) is 2.73. The number of benzene rings is 1. The van der Waals surface area contributed by atoms with Gasteiger partial charge >= 0.3 is 6.09 Å². The lowest BCUT2D eigenvalue weighted by Crippen LogP contribution is -2.31. The minimum Gasteiger partial charge on any atom is -0.410 e. The summed E-state index contributed by atoms with van der Waals surface area (Å²) in [4.78, 5) is 21.2. The van der Waals surface area contributed by atoms with Crippen LogP contribution in [0.5, 0.6) is 5.75 Å². The van der Waals surface area contributed by atoms with E-state index in [4.69, 9.17) is 4.74 Å². The third-order valence-electron chi connectivity index (χ3n) is 1.85. The molecule has 1 heterocycles. The predicted molar refractivity (Wildman–Crippen MR) is 44.7 cm³/mol. The second-order valence-electron chi connectivity index (χ2n) is 2.73. The maximum absolute atomic E-state index is 10.8. The van der Waals surface area contributed by atoms with E-state index < -0.39 is 6.09 Å². The molecule has 1 amide bonds. The Labute approximate surface area is 74.5 Å². The number of ether oxygens (including phenoxy) is 1. The van der Waals surface area contributed by atoms with E-state index in [-0.39, 0.29) is 0 Å². The number of fused-ring (bicyclic) bond motifs is 1. The molecule has 4 nitrogen and oxygen atoms in total. The predicted octanol–water partition coefficient (Wildman–Crippen LogP) is 1.10. The molecular weight excluding hydrogens is 170 g/mol. The van der Waals surface area contributed by atoms with Crippen molar-refractivity contribution in [1.82, 2.24) is 5.32 Å². The number of nitrogens with one attached hydrogen (secondary N) is 1. The highest BCUT2D eigenvalue weighted by molar-refractivity contribution is 5.78. The molecular formula is C9H7NO3. The van der Waals surface area contributed by atoms with Gasteiger partial charge in [0.2, 0.25) is 0 Å². The van der Waals surface area contributed by atoms with Crippen LogP contribution in [0.1, 0.15) is 15.9 Å². The molecule has 0 fully saturated rings. The SMILES string of the molecule is O=Cc1ccc2c(c1)CNC(=O)O2. The molecule has 1 N–H and O–H groups in total. The van der Waals surface area contributed by atoms with E-state index in [9.17, 15) is 9.59 Å². The molecule has 13 heavy (non-hydrogen) atoms. The molecule has 0 aliphatic carbocycles. The van der Waals surface area contributed by atoms with Crippen LogP contribution in [-0.2, 0) is 6.54 Å². The number of hydrogen-bond donors (Lipinski definition) is 1. The van der Waals surface area contributed by atoms with Crippen LogP contribution in [-0.4, -0.2) is 12.4 Å². The molecule has 0 aromatic heterocycles. The van der Waals surface area contributed by atoms with Gasteiger partial charge in [-0.05, 0) is 18.2 Å². The standard InChI is InChI=1S/C9H7NO3/c11-5-6-1-2-8-7(3-6)4-10-9(12)13-8/h1-3,5H,4H2,(H,10,12). The average molecular weight is 177 g/mol. The summed E-state index contributed by atoms with van der Waals surface area (Å²) in [5.74, 6) is 0.523. The van der Waals surface area contributed by atoms with Crippen molar-refractivity contribution in [3.8, 4) is 5.75 Å². The Morgan fingerprint density at radius 2 is 2.31 bits per heavy atom. The fourth-order valence-electron chi connectivity index (χ4n) is 1.21. The fourth-order valence-corrected chi connectivity index (χ4v) is 1.21. The third kappa shape index (κ3) is 1.38. The maximum Gasteiger partial charge on any atom is 0.412 e. The van der Waals surface area contributed by atoms with Gasteiger partial charge in [-0.2, -0.15) is 0 Å². The van der Waals surface area contributed by atoms with Crippen LogP contribution in [0.2, 0.25) is 0 Å². The van der Waals surface area contributed by atoms with Crippen LogP contribution in [0.25, 0.3) is 0 Å². The van der Waals surface area contributed by atoms with Gasteiger partial charge in [0.15, 0.2) is 0 Å². The van der Waals surface area contributed by atoms with E-state index in [2.05, 4.69) is 5.32 Å². The number of amides is 1. The van der Waals surface area contributed by atoms with Crippen LogP contribution in [0.15, 0.2) is 18.2 Å². The largest absolute Gasteiger partial charge is 0.412 e. The Balaban J connectivity index is 2.42. The van der Waals surface area contributed by atoms with Crippen molar-refractivity contribution in [2.24, 2.45) is 0 Å². The smallest absolute Gasteiger partial charge is 0.410 e. The first-order valence-corrected chi connectivity index (χ1v) is 3.83. The highest BCUT2D eigenvalue weighted by atomic mass is 16.6. The summed E-state index contributed by atoms with van der Waals surface area (Å²) in [6.45, 7) is 0.413. The third-order valence-corrected chi connectivity index (χ3v) is 1.85. The molecule has 0 atom stereocenters. The molecule has 2 rings (SSSR count). The van der Waals surface area contributed by atoms with Crippen molar-refractivity contribution < 1.29 is 14.3 Å². The molecule has 0 saturated carbocycles. The van der Waals surface area contributed by atoms with Gasteiger partial charge in [0.25, 0.3) is 0 Å². The Bertz CT molecular complexity index is 373. The van der Waals surface area contributed by atoms with Crippen LogP contribution in [0.3, 0.4) is 0 Å². The van der Waals surface area contributed by atoms with Crippen molar-refractivity contribution in [1.29, 1.82) is 0 Å². The summed E-state index contributed by atoms with van der Waals surface area (Å²) in [6.07, 6.45) is 0.308. The highest BCUT2D eigenvalue weighted by Gasteiger charge is 2.15. The van der Waals surface area contributed by atoms with Crippen LogP contribution in [0.4, 0.5) is 4.79 Å². The zero-order valence-corrected chi connectivity index (χ0v) is 6.74. The summed E-state index contributed by atoms with van der Waals surface area (Å²) in [7, 11) is 0. The molecule has 66 valence electrons. The number of carbonyl (C=O) groups excluding carboxylic acids is 2. The molecule has 0 saturated heterocycles. The van der Waals surface area contributed by atoms with Crippen LogP contribution >= 0.6 is 0 Å². The van der Waals surface area contributed by atoms with E-state index in [1.165, 1.54) is 0 Å². The van der Waals surface area contributed by atoms with Gasteiger partial charge in [0.1, 0.15) is 12.0 Å². The van der Waals surface area contributed by atoms with Crippen LogP contribution in [0, 0.1) is 0 Å². The lowest BCUT2D eigenvalue weighted by molar-refractivity contribution is 0.112. The van der Waals surface area contributed by atoms with Crippen molar-refractivity contribution >= 4 is 12.4 Å². The van der Waals surface area contributed by atoms with Gasteiger partial charge < -0.3 is 10.1 Å². The number of aldehydes is 1. The summed E-state index contributed by atoms with van der Waals surface area (Å²) in [5.41, 5.74) is 1.41. The zero-order chi connectivity index (χ0) is 9.26. The van der Waals surface area contributed by atoms with Gasteiger partial charge in [-0.25, -0.2) is 4.79 Å². The average Bonchev–Trinajstić information content (AvgIpc) is 2.17. The first-order valence-electron chi connectivity index (χ1n) is 3.83. The summed E-state index contributed by atoms with van der Waals surface area (Å²) >= 11 is 0. The summed E-state index contributed by atoms with van der Waals surface area (Å²) < 4.78 is 4.87. The van der Waals surface area contributed by atoms with Gasteiger partial charge in [0.05, 0.1) is 0 Å². The van der Waals surface area contributed by atoms with E-state index in [0.29, 0.717) is 17.9 Å². The van der Waals surface area contributed by atoms with Crippen LogP contribution < -0.4 is 10.1 Å². The molecule has 0 spiro atoms. The second kappa shape index (κ2) is 2.90. The number of hydrogen-bond acceptors (Lipinski definition) is 3. The van der Waals surface area contributed by atoms with Gasteiger partial charge in [-0.15, -0.1) is 0 Å². The molecule has 0 bridgehead atoms. The van der Waals surface area contributed by atoms with Gasteiger partial charge in [-0.1, -0.05) is 0 Å². The molecule has 1 aliphatic rings. The van der Waals surface area contributed by atoms with E-state index in [1.54, 1.807) is 18.2 Å². The monoisotopic (exact) mass is 177 g/mol. The van der Waals surface area contributed by atoms with Crippen molar-refractivity contribution in [3.63, 3.8) is 0 Å². The van der Waals surface area contributed by atoms with Crippen molar-refractivity contribution in [2.75, 3.05) is 0 Å². The maximum atomic E-state index is 10.8. The number of carbonyl (C=O) groups is 2. The van der Waals surface area contributed by atoms with Gasteiger partial charge in [-0.3, -0.25) is 4.79 Å². The van der Waals surface area contributed by atoms with E-state index in [0.717, 1.165) is 11.8 Å². The summed E-state index contributed by atoms with van der Waals surface area (Å²) in [5, 5.41) is 2.51. The normalized spacial score (nSPS) is 14.0. The van der Waals surface area contributed by atoms with Gasteiger partial charge in [0, 0.05) is 17.7 Å². The topological polar surface area (TPSA) is 55.4 Å². The summed E-state index contributed by atoms with van der Waals surface area (Å²) in [6, 6.07) is 4.93. The first-order chi connectivity index (χ1) is 6.29. The Morgan fingerprint density at radius 1 is 1.46 bits per heavy atom. The molecule has 0 radical (unpaired) electrons. The lowest BCUT2D eigenvalue weighted by Gasteiger charge is -2.16. The fraction of sp³-hybridized carbons (Fsp3) is 0.111. The first kappa shape index (κ1) is 7.79. The molecule has 0 unspecified atom stereocenters. The Morgan fingerprint density at radius 3 is 3.08 bits per heavy atom. The quantitative estimate of drug-likeness (QED) is 0.653.